The maximum Gasteiger partial charge on any atom is 0.488 e. The average molecular weight is 708 g/mol. The van der Waals surface area contributed by atoms with E-state index in [0.29, 0.717) is 16.9 Å². The molecule has 2 aromatic heterocycles. The zero-order chi connectivity index (χ0) is 30.9. The summed E-state index contributed by atoms with van der Waals surface area (Å²) in [4.78, 5) is 23.0. The lowest BCUT2D eigenvalue weighted by Crippen LogP contribution is -2.29. The van der Waals surface area contributed by atoms with E-state index in [1.807, 2.05) is 78.9 Å². The topological polar surface area (TPSA) is 140 Å². The van der Waals surface area contributed by atoms with Crippen LogP contribution in [0.15, 0.2) is 106 Å². The van der Waals surface area contributed by atoms with Crippen LogP contribution in [0.4, 0.5) is 0 Å². The van der Waals surface area contributed by atoms with E-state index in [-0.39, 0.29) is 0 Å². The molecule has 218 valence electrons. The van der Waals surface area contributed by atoms with Gasteiger partial charge in [0.1, 0.15) is 0 Å². The first-order valence-electron chi connectivity index (χ1n) is 12.7. The standard InChI is InChI=1S/C15H11BrN2O2.C9H8N2O2.C6H6BBrO2/c1-20-15(19)14-12-7-2-3-8-13(12)18(17-14)11-6-4-5-10(16)9-11;1-13-9(12)8-6-4-2-3-5-7(6)10-11-8;8-6-3-1-2-5(4-6)7(9)10/h2-9H,1H3;2-5H,1H3,(H,10,11);1-4,9-10H. The Morgan fingerprint density at radius 1 is 0.767 bits per heavy atom. The molecule has 0 spiro atoms. The third-order valence-corrected chi connectivity index (χ3v) is 7.00. The Bertz CT molecular complexity index is 1870. The highest BCUT2D eigenvalue weighted by Gasteiger charge is 2.18. The Balaban J connectivity index is 0.000000159. The number of carbonyl (C=O) groups is 2. The number of aromatic nitrogens is 4. The highest BCUT2D eigenvalue weighted by Crippen LogP contribution is 2.24. The van der Waals surface area contributed by atoms with Crippen LogP contribution in [-0.4, -0.2) is 63.3 Å². The second-order valence-electron chi connectivity index (χ2n) is 8.79. The molecule has 0 saturated heterocycles. The van der Waals surface area contributed by atoms with Crippen LogP contribution in [0.25, 0.3) is 27.5 Å². The number of fused-ring (bicyclic) bond motifs is 2. The number of benzene rings is 4. The number of methoxy groups -OCH3 is 2. The van der Waals surface area contributed by atoms with E-state index in [4.69, 9.17) is 14.8 Å². The Morgan fingerprint density at radius 3 is 2.00 bits per heavy atom. The number of hydrogen-bond donors (Lipinski definition) is 3. The molecule has 0 fully saturated rings. The number of nitrogens with one attached hydrogen (secondary N) is 1. The van der Waals surface area contributed by atoms with Crippen molar-refractivity contribution in [3.8, 4) is 5.69 Å². The summed E-state index contributed by atoms with van der Waals surface area (Å²) < 4.78 is 12.9. The van der Waals surface area contributed by atoms with Crippen molar-refractivity contribution in [3.05, 3.63) is 117 Å². The minimum Gasteiger partial charge on any atom is -0.464 e. The predicted molar refractivity (Wildman–Crippen MR) is 172 cm³/mol. The molecule has 0 bridgehead atoms. The van der Waals surface area contributed by atoms with E-state index in [2.05, 4.69) is 51.9 Å². The Labute approximate surface area is 263 Å². The Hall–Kier alpha value is -4.30. The summed E-state index contributed by atoms with van der Waals surface area (Å²) in [7, 11) is 1.32. The normalized spacial score (nSPS) is 10.3. The van der Waals surface area contributed by atoms with Crippen molar-refractivity contribution >= 4 is 78.2 Å². The number of esters is 2. The summed E-state index contributed by atoms with van der Waals surface area (Å²) in [5.74, 6) is -0.854. The SMILES string of the molecule is COC(=O)c1n[nH]c2ccccc12.COC(=O)c1nn(-c2cccc(Br)c2)c2ccccc12.OB(O)c1cccc(Br)c1. The molecular weight excluding hydrogens is 683 g/mol. The summed E-state index contributed by atoms with van der Waals surface area (Å²) in [5, 5.41) is 29.9. The molecule has 3 N–H and O–H groups in total. The quantitative estimate of drug-likeness (QED) is 0.171. The molecule has 0 atom stereocenters. The van der Waals surface area contributed by atoms with E-state index in [0.717, 1.165) is 36.4 Å². The first kappa shape index (κ1) is 31.6. The zero-order valence-electron chi connectivity index (χ0n) is 22.9. The monoisotopic (exact) mass is 706 g/mol. The summed E-state index contributed by atoms with van der Waals surface area (Å²) in [6, 6.07) is 29.6. The fraction of sp³-hybridized carbons (Fsp3) is 0.0667. The van der Waals surface area contributed by atoms with Crippen LogP contribution in [0.2, 0.25) is 0 Å². The highest BCUT2D eigenvalue weighted by atomic mass is 79.9. The van der Waals surface area contributed by atoms with Crippen LogP contribution in [-0.2, 0) is 9.47 Å². The number of nitrogens with zero attached hydrogens (tertiary/aromatic N) is 3. The fourth-order valence-corrected chi connectivity index (χ4v) is 4.81. The molecule has 0 aliphatic heterocycles. The molecule has 0 amide bonds. The van der Waals surface area contributed by atoms with Gasteiger partial charge in [-0.3, -0.25) is 5.10 Å². The third-order valence-electron chi connectivity index (χ3n) is 6.01. The molecule has 2 heterocycles. The van der Waals surface area contributed by atoms with Gasteiger partial charge in [0.05, 0.1) is 30.9 Å². The zero-order valence-corrected chi connectivity index (χ0v) is 26.1. The minimum absolute atomic E-state index is 0.322. The van der Waals surface area contributed by atoms with Crippen LogP contribution < -0.4 is 5.46 Å². The second kappa shape index (κ2) is 14.7. The molecule has 0 aliphatic rings. The van der Waals surface area contributed by atoms with E-state index in [9.17, 15) is 9.59 Å². The van der Waals surface area contributed by atoms with Gasteiger partial charge in [-0.2, -0.15) is 10.2 Å². The number of ether oxygens (including phenoxy) is 2. The van der Waals surface area contributed by atoms with Crippen molar-refractivity contribution in [2.75, 3.05) is 14.2 Å². The lowest BCUT2D eigenvalue weighted by molar-refractivity contribution is 0.0587. The van der Waals surface area contributed by atoms with Crippen molar-refractivity contribution < 1.29 is 29.1 Å². The third kappa shape index (κ3) is 7.76. The van der Waals surface area contributed by atoms with Gasteiger partial charge in [-0.05, 0) is 47.9 Å². The van der Waals surface area contributed by atoms with Crippen molar-refractivity contribution in [3.63, 3.8) is 0 Å². The lowest BCUT2D eigenvalue weighted by Gasteiger charge is -2.03. The van der Waals surface area contributed by atoms with Crippen LogP contribution in [0, 0.1) is 0 Å². The average Bonchev–Trinajstić information content (AvgIpc) is 3.63. The van der Waals surface area contributed by atoms with Crippen LogP contribution in [0.5, 0.6) is 0 Å². The number of para-hydroxylation sites is 2. The molecule has 0 unspecified atom stereocenters. The van der Waals surface area contributed by atoms with Crippen molar-refractivity contribution in [2.45, 2.75) is 0 Å². The highest BCUT2D eigenvalue weighted by molar-refractivity contribution is 9.10. The van der Waals surface area contributed by atoms with Gasteiger partial charge in [-0.1, -0.05) is 86.5 Å². The molecule has 0 aliphatic carbocycles. The van der Waals surface area contributed by atoms with E-state index in [1.165, 1.54) is 14.2 Å². The largest absolute Gasteiger partial charge is 0.488 e. The molecule has 0 saturated carbocycles. The van der Waals surface area contributed by atoms with Gasteiger partial charge >= 0.3 is 19.1 Å². The molecular formula is C30H25BBr2N4O6. The van der Waals surface area contributed by atoms with Crippen LogP contribution >= 0.6 is 31.9 Å². The number of carbonyl (C=O) groups excluding carboxylic acids is 2. The number of rotatable bonds is 4. The summed E-state index contributed by atoms with van der Waals surface area (Å²) in [5.41, 5.74) is 3.73. The molecule has 6 rings (SSSR count). The minimum atomic E-state index is -1.38. The molecule has 13 heteroatoms. The van der Waals surface area contributed by atoms with Crippen LogP contribution in [0.3, 0.4) is 0 Å². The first-order valence-corrected chi connectivity index (χ1v) is 14.3. The van der Waals surface area contributed by atoms with E-state index >= 15 is 0 Å². The molecule has 10 nitrogen and oxygen atoms in total. The number of hydrogen-bond acceptors (Lipinski definition) is 8. The summed E-state index contributed by atoms with van der Waals surface area (Å²) in [6.07, 6.45) is 0. The van der Waals surface area contributed by atoms with Gasteiger partial charge in [0.15, 0.2) is 11.4 Å². The summed E-state index contributed by atoms with van der Waals surface area (Å²) in [6.45, 7) is 0. The molecule has 43 heavy (non-hydrogen) atoms. The number of aromatic amines is 1. The summed E-state index contributed by atoms with van der Waals surface area (Å²) >= 11 is 6.65. The van der Waals surface area contributed by atoms with Gasteiger partial charge in [0, 0.05) is 19.7 Å². The van der Waals surface area contributed by atoms with Gasteiger partial charge in [-0.15, -0.1) is 0 Å². The smallest absolute Gasteiger partial charge is 0.464 e. The first-order chi connectivity index (χ1) is 20.7. The number of H-pyrrole nitrogens is 1. The second-order valence-corrected chi connectivity index (χ2v) is 10.6. The fourth-order valence-electron chi connectivity index (χ4n) is 4.00. The molecule has 6 aromatic rings. The molecule has 0 radical (unpaired) electrons. The van der Waals surface area contributed by atoms with E-state index < -0.39 is 19.1 Å². The Kier molecular flexibility index (Phi) is 10.8. The maximum atomic E-state index is 11.8. The molecule has 4 aromatic carbocycles. The van der Waals surface area contributed by atoms with E-state index in [1.54, 1.807) is 22.9 Å². The predicted octanol–water partition coefficient (Wildman–Crippen LogP) is 5.05. The van der Waals surface area contributed by atoms with Gasteiger partial charge in [0.25, 0.3) is 0 Å². The van der Waals surface area contributed by atoms with Gasteiger partial charge in [-0.25, -0.2) is 14.3 Å². The maximum absolute atomic E-state index is 11.8. The van der Waals surface area contributed by atoms with Crippen molar-refractivity contribution in [1.29, 1.82) is 0 Å². The van der Waals surface area contributed by atoms with Gasteiger partial charge in [0.2, 0.25) is 0 Å². The lowest BCUT2D eigenvalue weighted by atomic mass is 9.81. The van der Waals surface area contributed by atoms with Crippen molar-refractivity contribution in [1.82, 2.24) is 20.0 Å². The Morgan fingerprint density at radius 2 is 1.37 bits per heavy atom. The van der Waals surface area contributed by atoms with Crippen LogP contribution in [0.1, 0.15) is 21.0 Å². The van der Waals surface area contributed by atoms with Gasteiger partial charge < -0.3 is 19.5 Å². The van der Waals surface area contributed by atoms with Crippen molar-refractivity contribution in [2.24, 2.45) is 0 Å². The number of halogens is 2.